The maximum atomic E-state index is 13.4. The molecule has 2 rings (SSSR count). The Morgan fingerprint density at radius 2 is 2.19 bits per heavy atom. The number of rotatable bonds is 4. The Balaban J connectivity index is 2.01. The van der Waals surface area contributed by atoms with Gasteiger partial charge in [-0.25, -0.2) is 9.18 Å². The highest BCUT2D eigenvalue weighted by molar-refractivity contribution is 6.32. The summed E-state index contributed by atoms with van der Waals surface area (Å²) >= 11 is 0. The van der Waals surface area contributed by atoms with E-state index in [1.54, 1.807) is 20.8 Å². The molecule has 1 aromatic rings. The van der Waals surface area contributed by atoms with E-state index in [1.165, 1.54) is 12.1 Å². The van der Waals surface area contributed by atoms with Gasteiger partial charge in [-0.3, -0.25) is 0 Å². The van der Waals surface area contributed by atoms with E-state index in [2.05, 4.69) is 15.6 Å². The summed E-state index contributed by atoms with van der Waals surface area (Å²) in [5.74, 6) is -0.315. The first-order valence-corrected chi connectivity index (χ1v) is 7.35. The number of benzene rings is 1. The second-order valence-corrected chi connectivity index (χ2v) is 6.75. The number of halogens is 1. The molecule has 1 aliphatic rings. The fourth-order valence-electron chi connectivity index (χ4n) is 2.04. The molecular weight excluding hydrogens is 289 g/mol. The first-order chi connectivity index (χ1) is 9.73. The van der Waals surface area contributed by atoms with Gasteiger partial charge in [0.25, 0.3) is 0 Å². The molecule has 2 atom stereocenters. The van der Waals surface area contributed by atoms with Crippen molar-refractivity contribution in [3.63, 3.8) is 0 Å². The molecule has 4 nitrogen and oxygen atoms in total. The predicted molar refractivity (Wildman–Crippen MR) is 78.4 cm³/mol. The van der Waals surface area contributed by atoms with Crippen LogP contribution >= 0.6 is 0 Å². The second-order valence-electron chi connectivity index (χ2n) is 6.18. The lowest BCUT2D eigenvalue weighted by Gasteiger charge is -2.23. The number of carbonyl (C=O) groups is 1. The Morgan fingerprint density at radius 3 is 2.71 bits per heavy atom. The lowest BCUT2D eigenvalue weighted by Crippen LogP contribution is -2.43. The van der Waals surface area contributed by atoms with Crippen molar-refractivity contribution in [3.8, 4) is 0 Å². The van der Waals surface area contributed by atoms with Gasteiger partial charge in [0.1, 0.15) is 17.5 Å². The van der Waals surface area contributed by atoms with Crippen LogP contribution in [0.3, 0.4) is 0 Å². The molecule has 0 aliphatic carbocycles. The molecule has 0 aromatic heterocycles. The van der Waals surface area contributed by atoms with E-state index in [0.29, 0.717) is 18.2 Å². The van der Waals surface area contributed by atoms with Crippen LogP contribution in [0, 0.1) is 5.82 Å². The number of nitrogens with one attached hydrogen (secondary N) is 1. The van der Waals surface area contributed by atoms with Gasteiger partial charge >= 0.3 is 6.09 Å². The summed E-state index contributed by atoms with van der Waals surface area (Å²) in [6.07, 6.45) is -0.0453. The van der Waals surface area contributed by atoms with Crippen molar-refractivity contribution in [2.45, 2.75) is 44.9 Å². The summed E-state index contributed by atoms with van der Waals surface area (Å²) in [6, 6.07) is 4.44. The van der Waals surface area contributed by atoms with Gasteiger partial charge in [0.2, 0.25) is 0 Å². The Morgan fingerprint density at radius 1 is 1.52 bits per heavy atom. The van der Waals surface area contributed by atoms with Crippen molar-refractivity contribution in [3.05, 3.63) is 29.6 Å². The largest absolute Gasteiger partial charge is 0.444 e. The molecule has 1 amide bonds. The van der Waals surface area contributed by atoms with E-state index in [1.807, 2.05) is 6.07 Å². The average Bonchev–Trinajstić information content (AvgIpc) is 3.06. The molecule has 1 aliphatic heterocycles. The molecule has 1 N–H and O–H groups in total. The minimum atomic E-state index is -0.555. The molecule has 1 aromatic carbocycles. The standard InChI is InChI=1S/C15H19FNO3Si/c1-15(2,3)20-14(18)17-12(13-8-19-13)6-9-4-10(16)7-11(21)5-9/h4-5,7,12-13H,6,8H2,1-3H3,(H,17,18)/t12-,13+/m0/s1. The molecule has 1 fully saturated rings. The van der Waals surface area contributed by atoms with E-state index in [0.717, 1.165) is 5.56 Å². The third kappa shape index (κ3) is 5.47. The van der Waals surface area contributed by atoms with Crippen LogP contribution < -0.4 is 10.5 Å². The molecule has 0 bridgehead atoms. The van der Waals surface area contributed by atoms with E-state index >= 15 is 0 Å². The SMILES string of the molecule is CC(C)(C)OC(=O)N[C@@H](Cc1cc(F)cc([Si])c1)[C@H]1CO1. The molecule has 3 radical (unpaired) electrons. The molecule has 113 valence electrons. The Kier molecular flexibility index (Phi) is 4.68. The van der Waals surface area contributed by atoms with Crippen molar-refractivity contribution in [1.29, 1.82) is 0 Å². The minimum Gasteiger partial charge on any atom is -0.444 e. The third-order valence-electron chi connectivity index (χ3n) is 2.92. The highest BCUT2D eigenvalue weighted by Crippen LogP contribution is 2.19. The number of epoxide rings is 1. The van der Waals surface area contributed by atoms with Crippen LogP contribution in [-0.4, -0.2) is 40.7 Å². The Labute approximate surface area is 127 Å². The average molecular weight is 308 g/mol. The van der Waals surface area contributed by atoms with E-state index < -0.39 is 11.7 Å². The predicted octanol–water partition coefficient (Wildman–Crippen LogP) is 1.45. The van der Waals surface area contributed by atoms with Gasteiger partial charge in [-0.2, -0.15) is 0 Å². The van der Waals surface area contributed by atoms with Gasteiger partial charge in [-0.15, -0.1) is 0 Å². The van der Waals surface area contributed by atoms with Crippen molar-refractivity contribution in [2.75, 3.05) is 6.61 Å². The quantitative estimate of drug-likeness (QED) is 0.677. The summed E-state index contributed by atoms with van der Waals surface area (Å²) < 4.78 is 23.9. The second kappa shape index (κ2) is 6.15. The van der Waals surface area contributed by atoms with Gasteiger partial charge in [0.15, 0.2) is 0 Å². The fraction of sp³-hybridized carbons (Fsp3) is 0.533. The highest BCUT2D eigenvalue weighted by atomic mass is 28.1. The van der Waals surface area contributed by atoms with Crippen LogP contribution in [0.1, 0.15) is 26.3 Å². The fourth-order valence-corrected chi connectivity index (χ4v) is 2.37. The van der Waals surface area contributed by atoms with Crippen LogP contribution in [0.25, 0.3) is 0 Å². The topological polar surface area (TPSA) is 50.9 Å². The van der Waals surface area contributed by atoms with Gasteiger partial charge in [0, 0.05) is 0 Å². The summed E-state index contributed by atoms with van der Waals surface area (Å²) in [7, 11) is 3.32. The summed E-state index contributed by atoms with van der Waals surface area (Å²) in [6.45, 7) is 6.01. The van der Waals surface area contributed by atoms with Gasteiger partial charge in [-0.05, 0) is 44.9 Å². The van der Waals surface area contributed by atoms with E-state index in [4.69, 9.17) is 9.47 Å². The molecule has 21 heavy (non-hydrogen) atoms. The first-order valence-electron chi connectivity index (χ1n) is 6.85. The molecule has 1 heterocycles. The smallest absolute Gasteiger partial charge is 0.407 e. The molecule has 0 saturated carbocycles. The van der Waals surface area contributed by atoms with E-state index in [-0.39, 0.29) is 18.0 Å². The zero-order valence-corrected chi connectivity index (χ0v) is 13.4. The number of carbonyl (C=O) groups excluding carboxylic acids is 1. The first kappa shape index (κ1) is 16.0. The molecule has 6 heteroatoms. The van der Waals surface area contributed by atoms with Crippen molar-refractivity contribution in [1.82, 2.24) is 5.32 Å². The maximum Gasteiger partial charge on any atom is 0.407 e. The minimum absolute atomic E-state index is 0.0426. The maximum absolute atomic E-state index is 13.4. The van der Waals surface area contributed by atoms with Gasteiger partial charge < -0.3 is 14.8 Å². The number of alkyl carbamates (subject to hydrolysis) is 1. The summed E-state index contributed by atoms with van der Waals surface area (Å²) in [4.78, 5) is 11.9. The van der Waals surface area contributed by atoms with Crippen LogP contribution in [0.15, 0.2) is 18.2 Å². The number of ether oxygens (including phenoxy) is 2. The number of amides is 1. The molecule has 0 unspecified atom stereocenters. The van der Waals surface area contributed by atoms with Crippen molar-refractivity contribution in [2.24, 2.45) is 0 Å². The van der Waals surface area contributed by atoms with Gasteiger partial charge in [0.05, 0.1) is 22.9 Å². The van der Waals surface area contributed by atoms with Crippen LogP contribution in [0.5, 0.6) is 0 Å². The summed E-state index contributed by atoms with van der Waals surface area (Å²) in [5.41, 5.74) is 0.234. The van der Waals surface area contributed by atoms with E-state index in [9.17, 15) is 9.18 Å². The van der Waals surface area contributed by atoms with Crippen LogP contribution in [-0.2, 0) is 15.9 Å². The lowest BCUT2D eigenvalue weighted by molar-refractivity contribution is 0.0495. The van der Waals surface area contributed by atoms with Crippen molar-refractivity contribution < 1.29 is 18.7 Å². The molecular formula is C15H19FNO3Si. The third-order valence-corrected chi connectivity index (χ3v) is 3.21. The lowest BCUT2D eigenvalue weighted by atomic mass is 10.0. The number of hydrogen-bond donors (Lipinski definition) is 1. The molecule has 1 saturated heterocycles. The highest BCUT2D eigenvalue weighted by Gasteiger charge is 2.35. The normalized spacial score (nSPS) is 19.0. The summed E-state index contributed by atoms with van der Waals surface area (Å²) in [5, 5.41) is 3.46. The Hall–Kier alpha value is -1.40. The van der Waals surface area contributed by atoms with Crippen LogP contribution in [0.2, 0.25) is 0 Å². The van der Waals surface area contributed by atoms with Gasteiger partial charge in [-0.1, -0.05) is 11.3 Å². The molecule has 0 spiro atoms. The zero-order chi connectivity index (χ0) is 15.6. The van der Waals surface area contributed by atoms with Crippen molar-refractivity contribution >= 4 is 21.5 Å². The zero-order valence-electron chi connectivity index (χ0n) is 12.4. The monoisotopic (exact) mass is 308 g/mol. The Bertz CT molecular complexity index is 506. The number of hydrogen-bond acceptors (Lipinski definition) is 3. The van der Waals surface area contributed by atoms with Crippen LogP contribution in [0.4, 0.5) is 9.18 Å².